The predicted octanol–water partition coefficient (Wildman–Crippen LogP) is 4.04. The Kier molecular flexibility index (Phi) is 3.84. The van der Waals surface area contributed by atoms with Crippen LogP contribution < -0.4 is 0 Å². The zero-order chi connectivity index (χ0) is 11.2. The first kappa shape index (κ1) is 11.0. The lowest BCUT2D eigenvalue weighted by molar-refractivity contribution is 1.05. The van der Waals surface area contributed by atoms with Crippen LogP contribution in [0.25, 0.3) is 0 Å². The van der Waals surface area contributed by atoms with Crippen LogP contribution in [0.15, 0.2) is 60.7 Å². The van der Waals surface area contributed by atoms with Gasteiger partial charge in [-0.1, -0.05) is 72.9 Å². The van der Waals surface area contributed by atoms with E-state index in [4.69, 9.17) is 12.2 Å². The van der Waals surface area contributed by atoms with Crippen LogP contribution in [0.2, 0.25) is 0 Å². The molecule has 0 spiro atoms. The van der Waals surface area contributed by atoms with Crippen molar-refractivity contribution in [3.63, 3.8) is 0 Å². The van der Waals surface area contributed by atoms with Crippen LogP contribution in [-0.2, 0) is 6.42 Å². The molecule has 0 saturated heterocycles. The minimum atomic E-state index is 0.948. The molecule has 0 bridgehead atoms. The van der Waals surface area contributed by atoms with Gasteiger partial charge in [0.15, 0.2) is 0 Å². The quantitative estimate of drug-likeness (QED) is 0.560. The monoisotopic (exact) mass is 226 g/mol. The van der Waals surface area contributed by atoms with Gasteiger partial charge in [-0.15, -0.1) is 0 Å². The van der Waals surface area contributed by atoms with Crippen LogP contribution in [-0.4, -0.2) is 4.86 Å². The number of aryl methyl sites for hydroxylation is 1. The normalized spacial score (nSPS) is 10.0. The lowest BCUT2D eigenvalue weighted by Gasteiger charge is -2.03. The van der Waals surface area contributed by atoms with Crippen LogP contribution in [0.3, 0.4) is 0 Å². The average Bonchev–Trinajstić information content (AvgIpc) is 2.38. The molecule has 0 saturated carbocycles. The van der Waals surface area contributed by atoms with Crippen molar-refractivity contribution < 1.29 is 0 Å². The van der Waals surface area contributed by atoms with Gasteiger partial charge in [0, 0.05) is 4.86 Å². The Morgan fingerprint density at radius 1 is 0.812 bits per heavy atom. The molecule has 0 N–H and O–H groups in total. The Balaban J connectivity index is 1.95. The van der Waals surface area contributed by atoms with Crippen molar-refractivity contribution >= 4 is 17.1 Å². The van der Waals surface area contributed by atoms with E-state index in [1.807, 2.05) is 24.3 Å². The third-order valence-corrected chi connectivity index (χ3v) is 3.02. The number of hydrogen-bond donors (Lipinski definition) is 0. The summed E-state index contributed by atoms with van der Waals surface area (Å²) in [5.41, 5.74) is 2.52. The maximum Gasteiger partial charge on any atom is 0.0227 e. The van der Waals surface area contributed by atoms with E-state index in [1.54, 1.807) is 0 Å². The van der Waals surface area contributed by atoms with Gasteiger partial charge in [0.2, 0.25) is 0 Å². The van der Waals surface area contributed by atoms with E-state index in [2.05, 4.69) is 36.4 Å². The van der Waals surface area contributed by atoms with E-state index < -0.39 is 0 Å². The first-order valence-electron chi connectivity index (χ1n) is 5.48. The predicted molar refractivity (Wildman–Crippen MR) is 72.9 cm³/mol. The molecule has 0 unspecified atom stereocenters. The van der Waals surface area contributed by atoms with Crippen molar-refractivity contribution in [2.24, 2.45) is 0 Å². The van der Waals surface area contributed by atoms with Gasteiger partial charge in [0.25, 0.3) is 0 Å². The molecule has 0 amide bonds. The van der Waals surface area contributed by atoms with Crippen molar-refractivity contribution in [2.75, 3.05) is 0 Å². The summed E-state index contributed by atoms with van der Waals surface area (Å²) in [6.45, 7) is 0. The Morgan fingerprint density at radius 2 is 1.38 bits per heavy atom. The van der Waals surface area contributed by atoms with Gasteiger partial charge in [-0.2, -0.15) is 0 Å². The number of thiocarbonyl (C=S) groups is 1. The highest BCUT2D eigenvalue weighted by Crippen LogP contribution is 2.09. The SMILES string of the molecule is S=C(CCc1ccccc1)c1ccccc1. The van der Waals surface area contributed by atoms with Crippen molar-refractivity contribution in [1.82, 2.24) is 0 Å². The van der Waals surface area contributed by atoms with Gasteiger partial charge < -0.3 is 0 Å². The largest absolute Gasteiger partial charge is 0.0843 e. The fourth-order valence-corrected chi connectivity index (χ4v) is 1.91. The minimum Gasteiger partial charge on any atom is -0.0843 e. The second-order valence-corrected chi connectivity index (χ2v) is 4.27. The molecule has 0 heterocycles. The molecule has 16 heavy (non-hydrogen) atoms. The highest BCUT2D eigenvalue weighted by molar-refractivity contribution is 7.80. The molecule has 2 aromatic carbocycles. The van der Waals surface area contributed by atoms with Crippen LogP contribution in [0.5, 0.6) is 0 Å². The second-order valence-electron chi connectivity index (χ2n) is 3.77. The van der Waals surface area contributed by atoms with Crippen LogP contribution in [0.1, 0.15) is 17.5 Å². The Labute approximate surface area is 102 Å². The minimum absolute atomic E-state index is 0.948. The van der Waals surface area contributed by atoms with E-state index in [-0.39, 0.29) is 0 Å². The van der Waals surface area contributed by atoms with Crippen LogP contribution >= 0.6 is 12.2 Å². The van der Waals surface area contributed by atoms with E-state index in [0.29, 0.717) is 0 Å². The molecular formula is C15H14S. The van der Waals surface area contributed by atoms with Crippen molar-refractivity contribution in [2.45, 2.75) is 12.8 Å². The summed E-state index contributed by atoms with van der Waals surface area (Å²) in [5, 5.41) is 0. The maximum atomic E-state index is 5.42. The second kappa shape index (κ2) is 5.57. The summed E-state index contributed by atoms with van der Waals surface area (Å²) in [7, 11) is 0. The summed E-state index contributed by atoms with van der Waals surface area (Å²) in [4.78, 5) is 1.05. The van der Waals surface area contributed by atoms with E-state index >= 15 is 0 Å². The Morgan fingerprint density at radius 3 is 2.00 bits per heavy atom. The average molecular weight is 226 g/mol. The molecule has 0 nitrogen and oxygen atoms in total. The van der Waals surface area contributed by atoms with Gasteiger partial charge in [0.05, 0.1) is 0 Å². The van der Waals surface area contributed by atoms with E-state index in [9.17, 15) is 0 Å². The zero-order valence-electron chi connectivity index (χ0n) is 9.10. The van der Waals surface area contributed by atoms with Gasteiger partial charge in [-0.25, -0.2) is 0 Å². The smallest absolute Gasteiger partial charge is 0.0227 e. The highest BCUT2D eigenvalue weighted by Gasteiger charge is 2.00. The molecule has 0 fully saturated rings. The summed E-state index contributed by atoms with van der Waals surface area (Å²) in [6, 6.07) is 20.7. The standard InChI is InChI=1S/C15H14S/c16-15(14-9-5-2-6-10-14)12-11-13-7-3-1-4-8-13/h1-10H,11-12H2. The fourth-order valence-electron chi connectivity index (χ4n) is 1.67. The number of hydrogen-bond acceptors (Lipinski definition) is 1. The molecule has 0 atom stereocenters. The number of benzene rings is 2. The van der Waals surface area contributed by atoms with Gasteiger partial charge in [-0.3, -0.25) is 0 Å². The van der Waals surface area contributed by atoms with Crippen LogP contribution in [0, 0.1) is 0 Å². The van der Waals surface area contributed by atoms with Gasteiger partial charge in [0.1, 0.15) is 0 Å². The highest BCUT2D eigenvalue weighted by atomic mass is 32.1. The maximum absolute atomic E-state index is 5.42. The first-order chi connectivity index (χ1) is 7.86. The molecular weight excluding hydrogens is 212 g/mol. The Bertz CT molecular complexity index is 445. The lowest BCUT2D eigenvalue weighted by atomic mass is 10.0. The Hall–Kier alpha value is -1.47. The molecule has 1 heteroatoms. The lowest BCUT2D eigenvalue weighted by Crippen LogP contribution is -1.99. The topological polar surface area (TPSA) is 0 Å². The third kappa shape index (κ3) is 3.01. The van der Waals surface area contributed by atoms with E-state index in [0.717, 1.165) is 17.7 Å². The summed E-state index contributed by atoms with van der Waals surface area (Å²) >= 11 is 5.42. The molecule has 0 aromatic heterocycles. The molecule has 2 aromatic rings. The summed E-state index contributed by atoms with van der Waals surface area (Å²) in [5.74, 6) is 0. The molecule has 0 aliphatic rings. The number of rotatable bonds is 4. The van der Waals surface area contributed by atoms with Crippen molar-refractivity contribution in [1.29, 1.82) is 0 Å². The summed E-state index contributed by atoms with van der Waals surface area (Å²) in [6.07, 6.45) is 1.97. The molecule has 0 aliphatic heterocycles. The zero-order valence-corrected chi connectivity index (χ0v) is 9.91. The van der Waals surface area contributed by atoms with Crippen molar-refractivity contribution in [3.05, 3.63) is 71.8 Å². The van der Waals surface area contributed by atoms with Gasteiger partial charge in [-0.05, 0) is 24.0 Å². The third-order valence-electron chi connectivity index (χ3n) is 2.58. The molecule has 2 rings (SSSR count). The molecule has 80 valence electrons. The molecule has 0 radical (unpaired) electrons. The first-order valence-corrected chi connectivity index (χ1v) is 5.89. The van der Waals surface area contributed by atoms with Crippen LogP contribution in [0.4, 0.5) is 0 Å². The van der Waals surface area contributed by atoms with Crippen molar-refractivity contribution in [3.8, 4) is 0 Å². The summed E-state index contributed by atoms with van der Waals surface area (Å²) < 4.78 is 0. The molecule has 0 aliphatic carbocycles. The van der Waals surface area contributed by atoms with E-state index in [1.165, 1.54) is 11.1 Å². The van der Waals surface area contributed by atoms with Gasteiger partial charge >= 0.3 is 0 Å². The fraction of sp³-hybridized carbons (Fsp3) is 0.133.